The van der Waals surface area contributed by atoms with E-state index < -0.39 is 80.1 Å². The van der Waals surface area contributed by atoms with Crippen LogP contribution in [-0.4, -0.2) is 96.4 Å². The molecular formula is C22H22N2O14S2. The summed E-state index contributed by atoms with van der Waals surface area (Å²) in [5.41, 5.74) is -0.870. The minimum atomic E-state index is -4.99. The van der Waals surface area contributed by atoms with Crippen LogP contribution < -0.4 is 9.80 Å². The fourth-order valence-electron chi connectivity index (χ4n) is 3.47. The Balaban J connectivity index is 2.63. The van der Waals surface area contributed by atoms with Gasteiger partial charge in [0.1, 0.15) is 36.0 Å². The Labute approximate surface area is 226 Å². The van der Waals surface area contributed by atoms with E-state index in [1.54, 1.807) is 0 Å². The molecule has 40 heavy (non-hydrogen) atoms. The fraction of sp³-hybridized carbons (Fsp3) is 0.182. The van der Waals surface area contributed by atoms with E-state index in [0.29, 0.717) is 0 Å². The summed E-state index contributed by atoms with van der Waals surface area (Å²) in [7, 11) is -9.98. The van der Waals surface area contributed by atoms with Gasteiger partial charge in [-0.3, -0.25) is 28.3 Å². The summed E-state index contributed by atoms with van der Waals surface area (Å²) in [4.78, 5) is 44.5. The molecule has 18 heteroatoms. The zero-order valence-corrected chi connectivity index (χ0v) is 21.7. The van der Waals surface area contributed by atoms with Gasteiger partial charge in [0.05, 0.1) is 0 Å². The molecule has 16 nitrogen and oxygen atoms in total. The van der Waals surface area contributed by atoms with E-state index in [-0.39, 0.29) is 22.5 Å². The normalized spacial score (nSPS) is 11.8. The van der Waals surface area contributed by atoms with Gasteiger partial charge in [-0.05, 0) is 35.4 Å². The minimum Gasteiger partial charge on any atom is -0.480 e. The number of carboxylic acid groups (broad SMARTS) is 4. The molecule has 0 bridgehead atoms. The molecule has 0 aromatic heterocycles. The smallest absolute Gasteiger partial charge is 0.323 e. The largest absolute Gasteiger partial charge is 0.480 e. The summed E-state index contributed by atoms with van der Waals surface area (Å²) in [6.07, 6.45) is 2.03. The average molecular weight is 603 g/mol. The second-order valence-electron chi connectivity index (χ2n) is 8.01. The molecule has 0 spiro atoms. The first-order valence-corrected chi connectivity index (χ1v) is 13.5. The third-order valence-corrected chi connectivity index (χ3v) is 6.85. The lowest BCUT2D eigenvalue weighted by Crippen LogP contribution is -2.34. The molecule has 2 rings (SSSR count). The monoisotopic (exact) mass is 602 g/mol. The van der Waals surface area contributed by atoms with Crippen molar-refractivity contribution in [1.82, 2.24) is 0 Å². The lowest BCUT2D eigenvalue weighted by Gasteiger charge is -2.22. The Morgan fingerprint density at radius 3 is 1.07 bits per heavy atom. The van der Waals surface area contributed by atoms with E-state index in [9.17, 15) is 45.1 Å². The van der Waals surface area contributed by atoms with Crippen LogP contribution in [0.1, 0.15) is 11.1 Å². The molecule has 0 fully saturated rings. The number of carbonyl (C=O) groups is 4. The van der Waals surface area contributed by atoms with Gasteiger partial charge in [0.2, 0.25) is 0 Å². The Bertz CT molecular complexity index is 1430. The molecule has 0 atom stereocenters. The Kier molecular flexibility index (Phi) is 9.95. The SMILES string of the molecule is O=C(O)CN(CC(=O)O)c1ccc(C=Cc2ccc(N(CC(=O)O)CC(=O)O)cc2S(=O)(=O)O)c(S(=O)(=O)O)c1. The summed E-state index contributed by atoms with van der Waals surface area (Å²) < 4.78 is 67.6. The van der Waals surface area contributed by atoms with Gasteiger partial charge in [-0.2, -0.15) is 16.8 Å². The highest BCUT2D eigenvalue weighted by molar-refractivity contribution is 7.86. The maximum absolute atomic E-state index is 12.0. The summed E-state index contributed by atoms with van der Waals surface area (Å²) >= 11 is 0. The molecule has 0 unspecified atom stereocenters. The number of aliphatic carboxylic acids is 4. The van der Waals surface area contributed by atoms with Crippen LogP contribution in [0.4, 0.5) is 11.4 Å². The first-order chi connectivity index (χ1) is 18.4. The molecule has 216 valence electrons. The number of carboxylic acids is 4. The van der Waals surface area contributed by atoms with E-state index in [0.717, 1.165) is 58.4 Å². The van der Waals surface area contributed by atoms with Crippen LogP contribution in [-0.2, 0) is 39.4 Å². The van der Waals surface area contributed by atoms with Gasteiger partial charge < -0.3 is 30.2 Å². The second-order valence-corrected chi connectivity index (χ2v) is 10.8. The first kappa shape index (κ1) is 31.7. The van der Waals surface area contributed by atoms with Crippen molar-refractivity contribution in [2.24, 2.45) is 0 Å². The molecule has 0 radical (unpaired) electrons. The highest BCUT2D eigenvalue weighted by atomic mass is 32.2. The van der Waals surface area contributed by atoms with Crippen molar-refractivity contribution in [3.63, 3.8) is 0 Å². The topological polar surface area (TPSA) is 264 Å². The zero-order chi connectivity index (χ0) is 30.4. The highest BCUT2D eigenvalue weighted by Crippen LogP contribution is 2.28. The lowest BCUT2D eigenvalue weighted by molar-refractivity contribution is -0.138. The average Bonchev–Trinajstić information content (AvgIpc) is 2.79. The first-order valence-electron chi connectivity index (χ1n) is 10.7. The second kappa shape index (κ2) is 12.6. The standard InChI is InChI=1S/C22H22N2O14S2/c25-19(26)9-23(10-20(27)28)15-5-3-13(17(7-15)39(33,34)35)1-2-14-4-6-16(8-18(14)40(36,37)38)24(11-21(29)30)12-22(31)32/h1-8H,9-12H2,(H,25,26)(H,27,28)(H,29,30)(H,31,32)(H,33,34,35)(H,36,37,38). The summed E-state index contributed by atoms with van der Waals surface area (Å²) in [5.74, 6) is -5.70. The zero-order valence-electron chi connectivity index (χ0n) is 20.1. The number of hydrogen-bond acceptors (Lipinski definition) is 10. The van der Waals surface area contributed by atoms with Crippen molar-refractivity contribution in [2.45, 2.75) is 9.79 Å². The maximum atomic E-state index is 12.0. The van der Waals surface area contributed by atoms with Crippen LogP contribution in [0, 0.1) is 0 Å². The highest BCUT2D eigenvalue weighted by Gasteiger charge is 2.22. The van der Waals surface area contributed by atoms with Crippen LogP contribution in [0.25, 0.3) is 12.2 Å². The predicted octanol–water partition coefficient (Wildman–Crippen LogP) is 0.302. The van der Waals surface area contributed by atoms with Crippen LogP contribution in [0.2, 0.25) is 0 Å². The van der Waals surface area contributed by atoms with Gasteiger partial charge in [-0.25, -0.2) is 0 Å². The van der Waals surface area contributed by atoms with E-state index in [4.69, 9.17) is 20.4 Å². The molecule has 0 saturated carbocycles. The van der Waals surface area contributed by atoms with Gasteiger partial charge in [-0.1, -0.05) is 24.3 Å². The van der Waals surface area contributed by atoms with Crippen molar-refractivity contribution in [3.8, 4) is 0 Å². The van der Waals surface area contributed by atoms with Gasteiger partial charge >= 0.3 is 23.9 Å². The summed E-state index contributed by atoms with van der Waals surface area (Å²) in [6, 6.07) is 6.08. The van der Waals surface area contributed by atoms with Gasteiger partial charge in [0.25, 0.3) is 20.2 Å². The minimum absolute atomic E-state index is 0.186. The quantitative estimate of drug-likeness (QED) is 0.125. The van der Waals surface area contributed by atoms with Crippen molar-refractivity contribution < 1.29 is 65.5 Å². The van der Waals surface area contributed by atoms with Crippen LogP contribution in [0.5, 0.6) is 0 Å². The van der Waals surface area contributed by atoms with Crippen LogP contribution in [0.15, 0.2) is 46.2 Å². The Morgan fingerprint density at radius 1 is 0.575 bits per heavy atom. The van der Waals surface area contributed by atoms with Gasteiger partial charge in [0.15, 0.2) is 0 Å². The third kappa shape index (κ3) is 9.05. The van der Waals surface area contributed by atoms with E-state index in [2.05, 4.69) is 0 Å². The summed E-state index contributed by atoms with van der Waals surface area (Å²) in [6.45, 7) is -3.29. The number of nitrogens with zero attached hydrogens (tertiary/aromatic N) is 2. The lowest BCUT2D eigenvalue weighted by atomic mass is 10.1. The molecule has 2 aromatic rings. The molecule has 0 heterocycles. The molecule has 6 N–H and O–H groups in total. The molecule has 0 amide bonds. The van der Waals surface area contributed by atoms with Crippen molar-refractivity contribution >= 4 is 67.6 Å². The van der Waals surface area contributed by atoms with E-state index in [1.165, 1.54) is 0 Å². The molecular weight excluding hydrogens is 580 g/mol. The molecule has 2 aromatic carbocycles. The van der Waals surface area contributed by atoms with Crippen molar-refractivity contribution in [1.29, 1.82) is 0 Å². The summed E-state index contributed by atoms with van der Waals surface area (Å²) in [5, 5.41) is 36.2. The number of anilines is 2. The molecule has 0 aliphatic rings. The van der Waals surface area contributed by atoms with E-state index >= 15 is 0 Å². The Hall–Kier alpha value is -4.52. The molecule has 0 aliphatic heterocycles. The molecule has 0 aliphatic carbocycles. The predicted molar refractivity (Wildman–Crippen MR) is 136 cm³/mol. The number of hydrogen-bond donors (Lipinski definition) is 6. The number of benzene rings is 2. The Morgan fingerprint density at radius 2 is 0.850 bits per heavy atom. The van der Waals surface area contributed by atoms with Crippen molar-refractivity contribution in [2.75, 3.05) is 36.0 Å². The molecule has 0 saturated heterocycles. The maximum Gasteiger partial charge on any atom is 0.323 e. The number of rotatable bonds is 14. The third-order valence-electron chi connectivity index (χ3n) is 5.03. The fourth-order valence-corrected chi connectivity index (χ4v) is 4.88. The van der Waals surface area contributed by atoms with Gasteiger partial charge in [0, 0.05) is 11.4 Å². The van der Waals surface area contributed by atoms with Crippen LogP contribution in [0.3, 0.4) is 0 Å². The van der Waals surface area contributed by atoms with E-state index in [1.807, 2.05) is 0 Å². The van der Waals surface area contributed by atoms with Gasteiger partial charge in [-0.15, -0.1) is 0 Å². The van der Waals surface area contributed by atoms with Crippen LogP contribution >= 0.6 is 0 Å². The van der Waals surface area contributed by atoms with Crippen molar-refractivity contribution in [3.05, 3.63) is 47.5 Å².